The Labute approximate surface area is 261 Å². The number of hydrogen-bond donors (Lipinski definition) is 0. The van der Waals surface area contributed by atoms with E-state index in [1.54, 1.807) is 6.20 Å². The SMILES string of the molecule is N#Cc1ccc(N(c2ccccc2)c2ccc(-c3c4ccccc4c(-c4ccc5ccccc5c4)c4ccccc34)cc2)nc1. The third-order valence-corrected chi connectivity index (χ3v) is 8.50. The normalized spacial score (nSPS) is 11.1. The van der Waals surface area contributed by atoms with Gasteiger partial charge in [-0.05, 0) is 97.0 Å². The molecule has 3 nitrogen and oxygen atoms in total. The largest absolute Gasteiger partial charge is 0.295 e. The standard InChI is InChI=1S/C42H27N3/c43-27-29-18-25-40(44-28-29)45(34-12-2-1-3-13-34)35-23-21-31(22-24-35)41-36-14-6-8-16-38(36)42(39-17-9-7-15-37(39)41)33-20-19-30-10-4-5-11-32(30)26-33/h1-26,28H. The average molecular weight is 574 g/mol. The highest BCUT2D eigenvalue weighted by Gasteiger charge is 2.18. The molecule has 210 valence electrons. The molecule has 45 heavy (non-hydrogen) atoms. The average Bonchev–Trinajstić information content (AvgIpc) is 3.11. The van der Waals surface area contributed by atoms with Crippen molar-refractivity contribution in [3.63, 3.8) is 0 Å². The van der Waals surface area contributed by atoms with Crippen molar-refractivity contribution in [1.29, 1.82) is 5.26 Å². The predicted molar refractivity (Wildman–Crippen MR) is 187 cm³/mol. The van der Waals surface area contributed by atoms with Gasteiger partial charge in [-0.25, -0.2) is 4.98 Å². The summed E-state index contributed by atoms with van der Waals surface area (Å²) in [7, 11) is 0. The number of para-hydroxylation sites is 1. The molecule has 7 aromatic carbocycles. The fraction of sp³-hybridized carbons (Fsp3) is 0. The Morgan fingerprint density at radius 3 is 1.60 bits per heavy atom. The van der Waals surface area contributed by atoms with Gasteiger partial charge in [-0.15, -0.1) is 0 Å². The molecule has 3 heteroatoms. The van der Waals surface area contributed by atoms with E-state index in [1.807, 2.05) is 30.3 Å². The zero-order valence-electron chi connectivity index (χ0n) is 24.4. The molecule has 0 saturated carbocycles. The summed E-state index contributed by atoms with van der Waals surface area (Å²) in [5.41, 5.74) is 7.37. The molecule has 1 heterocycles. The molecule has 0 amide bonds. The number of nitrogens with zero attached hydrogens (tertiary/aromatic N) is 3. The number of pyridine rings is 1. The molecule has 8 aromatic rings. The Kier molecular flexibility index (Phi) is 6.52. The van der Waals surface area contributed by atoms with Crippen molar-refractivity contribution in [2.75, 3.05) is 4.90 Å². The van der Waals surface area contributed by atoms with Gasteiger partial charge >= 0.3 is 0 Å². The van der Waals surface area contributed by atoms with Crippen LogP contribution in [0, 0.1) is 11.3 Å². The van der Waals surface area contributed by atoms with Gasteiger partial charge in [0.15, 0.2) is 0 Å². The monoisotopic (exact) mass is 573 g/mol. The first-order valence-corrected chi connectivity index (χ1v) is 15.0. The number of benzene rings is 7. The van der Waals surface area contributed by atoms with E-state index in [0.717, 1.165) is 22.8 Å². The van der Waals surface area contributed by atoms with Gasteiger partial charge in [0.05, 0.1) is 5.56 Å². The van der Waals surface area contributed by atoms with Crippen LogP contribution in [0.5, 0.6) is 0 Å². The van der Waals surface area contributed by atoms with Crippen molar-refractivity contribution < 1.29 is 0 Å². The second-order valence-electron chi connectivity index (χ2n) is 11.1. The summed E-state index contributed by atoms with van der Waals surface area (Å²) >= 11 is 0. The van der Waals surface area contributed by atoms with Gasteiger partial charge in [-0.3, -0.25) is 4.90 Å². The minimum absolute atomic E-state index is 0.535. The summed E-state index contributed by atoms with van der Waals surface area (Å²) in [5.74, 6) is 0.753. The number of rotatable bonds is 5. The minimum Gasteiger partial charge on any atom is -0.295 e. The summed E-state index contributed by atoms with van der Waals surface area (Å²) in [5, 5.41) is 16.7. The summed E-state index contributed by atoms with van der Waals surface area (Å²) in [6, 6.07) is 57.6. The van der Waals surface area contributed by atoms with Crippen LogP contribution < -0.4 is 4.90 Å². The lowest BCUT2D eigenvalue weighted by Gasteiger charge is -2.24. The first kappa shape index (κ1) is 26.4. The van der Waals surface area contributed by atoms with E-state index in [-0.39, 0.29) is 0 Å². The van der Waals surface area contributed by atoms with E-state index in [0.29, 0.717) is 5.56 Å². The van der Waals surface area contributed by atoms with Crippen LogP contribution in [0.25, 0.3) is 54.6 Å². The number of fused-ring (bicyclic) bond motifs is 3. The lowest BCUT2D eigenvalue weighted by molar-refractivity contribution is 1.17. The molecule has 0 aliphatic rings. The fourth-order valence-corrected chi connectivity index (χ4v) is 6.45. The van der Waals surface area contributed by atoms with Crippen LogP contribution in [0.4, 0.5) is 17.2 Å². The van der Waals surface area contributed by atoms with Crippen LogP contribution in [0.15, 0.2) is 164 Å². The smallest absolute Gasteiger partial charge is 0.137 e. The van der Waals surface area contributed by atoms with Gasteiger partial charge in [-0.2, -0.15) is 5.26 Å². The molecule has 0 atom stereocenters. The molecule has 0 saturated heterocycles. The first-order valence-electron chi connectivity index (χ1n) is 15.0. The number of aromatic nitrogens is 1. The van der Waals surface area contributed by atoms with Crippen LogP contribution in [-0.2, 0) is 0 Å². The summed E-state index contributed by atoms with van der Waals surface area (Å²) in [6.45, 7) is 0. The number of anilines is 3. The molecule has 0 fully saturated rings. The van der Waals surface area contributed by atoms with Crippen molar-refractivity contribution >= 4 is 49.5 Å². The third kappa shape index (κ3) is 4.66. The molecule has 0 bridgehead atoms. The molecule has 0 spiro atoms. The van der Waals surface area contributed by atoms with E-state index in [4.69, 9.17) is 0 Å². The van der Waals surface area contributed by atoms with Gasteiger partial charge in [-0.1, -0.05) is 115 Å². The molecule has 0 aliphatic carbocycles. The van der Waals surface area contributed by atoms with Gasteiger partial charge in [0.1, 0.15) is 11.9 Å². The second kappa shape index (κ2) is 11.1. The molecule has 0 aliphatic heterocycles. The van der Waals surface area contributed by atoms with Crippen molar-refractivity contribution in [2.24, 2.45) is 0 Å². The van der Waals surface area contributed by atoms with E-state index >= 15 is 0 Å². The maximum Gasteiger partial charge on any atom is 0.137 e. The van der Waals surface area contributed by atoms with Crippen LogP contribution in [-0.4, -0.2) is 4.98 Å². The molecule has 0 radical (unpaired) electrons. The first-order chi connectivity index (χ1) is 22.3. The predicted octanol–water partition coefficient (Wildman–Crippen LogP) is 11.2. The Morgan fingerprint density at radius 1 is 0.467 bits per heavy atom. The lowest BCUT2D eigenvalue weighted by atomic mass is 9.85. The van der Waals surface area contributed by atoms with Crippen LogP contribution in [0.1, 0.15) is 5.56 Å². The Hall–Kier alpha value is -6.24. The molecule has 0 N–H and O–H groups in total. The van der Waals surface area contributed by atoms with Crippen molar-refractivity contribution in [2.45, 2.75) is 0 Å². The van der Waals surface area contributed by atoms with E-state index in [9.17, 15) is 5.26 Å². The van der Waals surface area contributed by atoms with E-state index in [1.165, 1.54) is 49.0 Å². The Morgan fingerprint density at radius 2 is 1.00 bits per heavy atom. The summed E-state index contributed by atoms with van der Waals surface area (Å²) < 4.78 is 0. The highest BCUT2D eigenvalue weighted by atomic mass is 15.2. The fourth-order valence-electron chi connectivity index (χ4n) is 6.45. The lowest BCUT2D eigenvalue weighted by Crippen LogP contribution is -2.11. The van der Waals surface area contributed by atoms with Gasteiger partial charge in [0.25, 0.3) is 0 Å². The number of hydrogen-bond acceptors (Lipinski definition) is 3. The van der Waals surface area contributed by atoms with Crippen molar-refractivity contribution in [3.8, 4) is 28.3 Å². The van der Waals surface area contributed by atoms with Gasteiger partial charge in [0, 0.05) is 17.6 Å². The third-order valence-electron chi connectivity index (χ3n) is 8.50. The highest BCUT2D eigenvalue weighted by molar-refractivity contribution is 6.21. The number of nitriles is 1. The Bertz CT molecular complexity index is 2310. The summed E-state index contributed by atoms with van der Waals surface area (Å²) in [6.07, 6.45) is 1.62. The van der Waals surface area contributed by atoms with Gasteiger partial charge < -0.3 is 0 Å². The van der Waals surface area contributed by atoms with Crippen LogP contribution >= 0.6 is 0 Å². The quantitative estimate of drug-likeness (QED) is 0.192. The van der Waals surface area contributed by atoms with Crippen molar-refractivity contribution in [3.05, 3.63) is 169 Å². The molecule has 8 rings (SSSR count). The molecular formula is C42H27N3. The van der Waals surface area contributed by atoms with Gasteiger partial charge in [0.2, 0.25) is 0 Å². The Balaban J connectivity index is 1.31. The highest BCUT2D eigenvalue weighted by Crippen LogP contribution is 2.44. The topological polar surface area (TPSA) is 39.9 Å². The van der Waals surface area contributed by atoms with E-state index in [2.05, 4.69) is 143 Å². The molecule has 0 unspecified atom stereocenters. The maximum atomic E-state index is 9.31. The summed E-state index contributed by atoms with van der Waals surface area (Å²) in [4.78, 5) is 6.74. The van der Waals surface area contributed by atoms with Crippen LogP contribution in [0.3, 0.4) is 0 Å². The van der Waals surface area contributed by atoms with E-state index < -0.39 is 0 Å². The maximum absolute atomic E-state index is 9.31. The van der Waals surface area contributed by atoms with Crippen molar-refractivity contribution in [1.82, 2.24) is 4.98 Å². The second-order valence-corrected chi connectivity index (χ2v) is 11.1. The molecule has 1 aromatic heterocycles. The van der Waals surface area contributed by atoms with Crippen LogP contribution in [0.2, 0.25) is 0 Å². The molecular weight excluding hydrogens is 546 g/mol. The zero-order chi connectivity index (χ0) is 30.2. The minimum atomic E-state index is 0.535. The zero-order valence-corrected chi connectivity index (χ0v) is 24.4.